The first-order valence-electron chi connectivity index (χ1n) is 7.57. The summed E-state index contributed by atoms with van der Waals surface area (Å²) < 4.78 is 14.4. The smallest absolute Gasteiger partial charge is 0.321 e. The van der Waals surface area contributed by atoms with Gasteiger partial charge in [0, 0.05) is 10.0 Å². The Kier molecular flexibility index (Phi) is 4.23. The first-order valence-corrected chi connectivity index (χ1v) is 8.36. The molecule has 1 aliphatic heterocycles. The molecule has 1 saturated carbocycles. The van der Waals surface area contributed by atoms with Crippen molar-refractivity contribution in [3.63, 3.8) is 0 Å². The van der Waals surface area contributed by atoms with Gasteiger partial charge in [0.05, 0.1) is 6.21 Å². The zero-order chi connectivity index (χ0) is 16.6. The first-order chi connectivity index (χ1) is 10.9. The van der Waals surface area contributed by atoms with Gasteiger partial charge in [0.1, 0.15) is 11.4 Å². The molecule has 0 atom stereocenters. The number of carbonyl (C=O) groups excluding carboxylic acids is 2. The predicted molar refractivity (Wildman–Crippen MR) is 87.4 cm³/mol. The van der Waals surface area contributed by atoms with E-state index in [-0.39, 0.29) is 11.5 Å². The second kappa shape index (κ2) is 6.03. The topological polar surface area (TPSA) is 61.8 Å². The Balaban J connectivity index is 1.81. The lowest BCUT2D eigenvalue weighted by molar-refractivity contribution is -0.132. The van der Waals surface area contributed by atoms with E-state index in [4.69, 9.17) is 0 Å². The van der Waals surface area contributed by atoms with E-state index < -0.39 is 17.4 Å². The summed E-state index contributed by atoms with van der Waals surface area (Å²) in [6.45, 7) is 2.14. The highest BCUT2D eigenvalue weighted by atomic mass is 79.9. The maximum Gasteiger partial charge on any atom is 0.346 e. The zero-order valence-electron chi connectivity index (χ0n) is 12.7. The van der Waals surface area contributed by atoms with E-state index in [1.807, 2.05) is 0 Å². The van der Waals surface area contributed by atoms with Gasteiger partial charge in [0.2, 0.25) is 0 Å². The number of hydrogen-bond donors (Lipinski definition) is 1. The van der Waals surface area contributed by atoms with Crippen LogP contribution in [0.1, 0.15) is 38.2 Å². The molecule has 1 aromatic carbocycles. The Hall–Kier alpha value is -1.76. The van der Waals surface area contributed by atoms with E-state index in [1.54, 1.807) is 6.07 Å². The molecule has 1 spiro atoms. The molecule has 2 fully saturated rings. The average molecular weight is 382 g/mol. The van der Waals surface area contributed by atoms with Gasteiger partial charge in [0.25, 0.3) is 5.91 Å². The van der Waals surface area contributed by atoms with Gasteiger partial charge in [0.15, 0.2) is 0 Å². The quantitative estimate of drug-likeness (QED) is 0.630. The standard InChI is InChI=1S/C16H17BrFN3O2/c1-10-4-6-16(7-5-10)14(22)21(15(23)20-16)19-9-11-8-12(17)2-3-13(11)18/h2-3,8-10H,4-7H2,1H3,(H,20,23)/b19-9+. The summed E-state index contributed by atoms with van der Waals surface area (Å²) in [5.74, 6) is -0.259. The van der Waals surface area contributed by atoms with E-state index in [1.165, 1.54) is 18.3 Å². The Morgan fingerprint density at radius 1 is 1.39 bits per heavy atom. The van der Waals surface area contributed by atoms with Crippen molar-refractivity contribution < 1.29 is 14.0 Å². The SMILES string of the molecule is CC1CCC2(CC1)NC(=O)N(/N=C/c1cc(Br)ccc1F)C2=O. The summed E-state index contributed by atoms with van der Waals surface area (Å²) >= 11 is 3.25. The van der Waals surface area contributed by atoms with Crippen LogP contribution in [-0.4, -0.2) is 28.7 Å². The molecule has 3 rings (SSSR count). The molecule has 122 valence electrons. The monoisotopic (exact) mass is 381 g/mol. The van der Waals surface area contributed by atoms with Gasteiger partial charge >= 0.3 is 6.03 Å². The van der Waals surface area contributed by atoms with Crippen LogP contribution in [0.15, 0.2) is 27.8 Å². The number of nitrogens with zero attached hydrogens (tertiary/aromatic N) is 2. The van der Waals surface area contributed by atoms with E-state index in [9.17, 15) is 14.0 Å². The molecule has 2 aliphatic rings. The lowest BCUT2D eigenvalue weighted by atomic mass is 9.77. The number of hydrogen-bond acceptors (Lipinski definition) is 3. The highest BCUT2D eigenvalue weighted by Gasteiger charge is 2.52. The molecule has 1 aromatic rings. The second-order valence-corrected chi connectivity index (χ2v) is 7.14. The third kappa shape index (κ3) is 3.02. The van der Waals surface area contributed by atoms with Gasteiger partial charge < -0.3 is 5.32 Å². The minimum absolute atomic E-state index is 0.207. The first kappa shape index (κ1) is 16.1. The van der Waals surface area contributed by atoms with Crippen LogP contribution in [0.2, 0.25) is 0 Å². The fourth-order valence-electron chi connectivity index (χ4n) is 3.04. The molecular formula is C16H17BrFN3O2. The molecule has 5 nitrogen and oxygen atoms in total. The highest BCUT2D eigenvalue weighted by Crippen LogP contribution is 2.36. The molecule has 23 heavy (non-hydrogen) atoms. The van der Waals surface area contributed by atoms with Crippen LogP contribution in [0.4, 0.5) is 9.18 Å². The zero-order valence-corrected chi connectivity index (χ0v) is 14.3. The van der Waals surface area contributed by atoms with Crippen LogP contribution < -0.4 is 5.32 Å². The number of carbonyl (C=O) groups is 2. The number of amides is 3. The third-order valence-corrected chi connectivity index (χ3v) is 5.03. The number of urea groups is 1. The van der Waals surface area contributed by atoms with Crippen LogP contribution in [0.5, 0.6) is 0 Å². The molecule has 0 unspecified atom stereocenters. The number of imide groups is 1. The van der Waals surface area contributed by atoms with E-state index in [2.05, 4.69) is 33.3 Å². The fraction of sp³-hybridized carbons (Fsp3) is 0.438. The van der Waals surface area contributed by atoms with Crippen molar-refractivity contribution in [3.05, 3.63) is 34.1 Å². The van der Waals surface area contributed by atoms with Gasteiger partial charge in [-0.3, -0.25) is 4.79 Å². The lowest BCUT2D eigenvalue weighted by Crippen LogP contribution is -2.49. The molecule has 0 bridgehead atoms. The highest BCUT2D eigenvalue weighted by molar-refractivity contribution is 9.10. The summed E-state index contributed by atoms with van der Waals surface area (Å²) in [5.41, 5.74) is -0.630. The largest absolute Gasteiger partial charge is 0.346 e. The molecule has 0 aromatic heterocycles. The molecule has 0 radical (unpaired) electrons. The van der Waals surface area contributed by atoms with Crippen LogP contribution in [0.25, 0.3) is 0 Å². The average Bonchev–Trinajstić information content (AvgIpc) is 2.75. The van der Waals surface area contributed by atoms with Crippen molar-refractivity contribution in [2.24, 2.45) is 11.0 Å². The lowest BCUT2D eigenvalue weighted by Gasteiger charge is -2.33. The maximum absolute atomic E-state index is 13.7. The molecule has 1 aliphatic carbocycles. The van der Waals surface area contributed by atoms with Crippen LogP contribution in [-0.2, 0) is 4.79 Å². The van der Waals surface area contributed by atoms with E-state index in [0.717, 1.165) is 17.9 Å². The Labute approximate surface area is 142 Å². The summed E-state index contributed by atoms with van der Waals surface area (Å²) in [5, 5.41) is 7.50. The number of hydrazone groups is 1. The molecule has 1 saturated heterocycles. The number of benzene rings is 1. The number of nitrogens with one attached hydrogen (secondary N) is 1. The number of rotatable bonds is 2. The van der Waals surface area contributed by atoms with Crippen LogP contribution in [0.3, 0.4) is 0 Å². The van der Waals surface area contributed by atoms with Crippen molar-refractivity contribution in [2.75, 3.05) is 0 Å². The van der Waals surface area contributed by atoms with Gasteiger partial charge in [-0.25, -0.2) is 9.18 Å². The summed E-state index contributed by atoms with van der Waals surface area (Å²) in [6.07, 6.45) is 4.22. The summed E-state index contributed by atoms with van der Waals surface area (Å²) in [7, 11) is 0. The Morgan fingerprint density at radius 3 is 2.78 bits per heavy atom. The van der Waals surface area contributed by atoms with Gasteiger partial charge in [-0.2, -0.15) is 5.10 Å². The van der Waals surface area contributed by atoms with E-state index in [0.29, 0.717) is 23.2 Å². The van der Waals surface area contributed by atoms with Crippen molar-refractivity contribution in [1.29, 1.82) is 0 Å². The van der Waals surface area contributed by atoms with Crippen LogP contribution >= 0.6 is 15.9 Å². The van der Waals surface area contributed by atoms with E-state index >= 15 is 0 Å². The third-order valence-electron chi connectivity index (χ3n) is 4.54. The van der Waals surface area contributed by atoms with Gasteiger partial charge in [-0.15, -0.1) is 5.01 Å². The fourth-order valence-corrected chi connectivity index (χ4v) is 3.42. The predicted octanol–water partition coefficient (Wildman–Crippen LogP) is 3.42. The molecular weight excluding hydrogens is 365 g/mol. The van der Waals surface area contributed by atoms with Crippen molar-refractivity contribution in [2.45, 2.75) is 38.1 Å². The van der Waals surface area contributed by atoms with Crippen molar-refractivity contribution in [1.82, 2.24) is 10.3 Å². The normalized spacial score (nSPS) is 28.0. The Morgan fingerprint density at radius 2 is 2.09 bits per heavy atom. The Bertz CT molecular complexity index is 684. The summed E-state index contributed by atoms with van der Waals surface area (Å²) in [4.78, 5) is 24.7. The summed E-state index contributed by atoms with van der Waals surface area (Å²) in [6, 6.07) is 3.85. The van der Waals surface area contributed by atoms with Gasteiger partial charge in [-0.1, -0.05) is 22.9 Å². The number of halogens is 2. The second-order valence-electron chi connectivity index (χ2n) is 6.22. The van der Waals surface area contributed by atoms with Crippen LogP contribution in [0, 0.1) is 11.7 Å². The molecule has 1 N–H and O–H groups in total. The molecule has 7 heteroatoms. The van der Waals surface area contributed by atoms with Crippen molar-refractivity contribution in [3.8, 4) is 0 Å². The molecule has 3 amide bonds. The maximum atomic E-state index is 13.7. The van der Waals surface area contributed by atoms with Crippen molar-refractivity contribution >= 4 is 34.1 Å². The minimum Gasteiger partial charge on any atom is -0.321 e. The minimum atomic E-state index is -0.837. The molecule has 1 heterocycles. The van der Waals surface area contributed by atoms with Gasteiger partial charge in [-0.05, 0) is 49.8 Å².